The Kier molecular flexibility index (Phi) is 2.22. The molecular formula is C7H9F2N2. The summed E-state index contributed by atoms with van der Waals surface area (Å²) in [6.45, 7) is 1.82. The predicted molar refractivity (Wildman–Crippen MR) is 36.4 cm³/mol. The average molecular weight is 159 g/mol. The molecule has 0 unspecified atom stereocenters. The third-order valence-corrected chi connectivity index (χ3v) is 1.58. The molecule has 11 heavy (non-hydrogen) atoms. The van der Waals surface area contributed by atoms with Crippen molar-refractivity contribution in [2.24, 2.45) is 7.05 Å². The first-order valence-corrected chi connectivity index (χ1v) is 3.38. The summed E-state index contributed by atoms with van der Waals surface area (Å²) in [6, 6.07) is 0. The van der Waals surface area contributed by atoms with Gasteiger partial charge in [-0.3, -0.25) is 4.68 Å². The van der Waals surface area contributed by atoms with Crippen LogP contribution in [-0.4, -0.2) is 9.78 Å². The highest BCUT2D eigenvalue weighted by molar-refractivity contribution is 5.17. The zero-order valence-electron chi connectivity index (χ0n) is 6.43. The van der Waals surface area contributed by atoms with Crippen LogP contribution in [0.3, 0.4) is 0 Å². The van der Waals surface area contributed by atoms with E-state index in [2.05, 4.69) is 11.3 Å². The molecule has 0 atom stereocenters. The molecule has 0 bridgehead atoms. The van der Waals surface area contributed by atoms with Crippen molar-refractivity contribution in [1.29, 1.82) is 0 Å². The van der Waals surface area contributed by atoms with E-state index in [1.807, 2.05) is 6.92 Å². The van der Waals surface area contributed by atoms with E-state index < -0.39 is 6.43 Å². The van der Waals surface area contributed by atoms with Crippen LogP contribution in [0.15, 0.2) is 0 Å². The van der Waals surface area contributed by atoms with Crippen molar-refractivity contribution < 1.29 is 8.78 Å². The molecule has 61 valence electrons. The second-order valence-electron chi connectivity index (χ2n) is 2.25. The highest BCUT2D eigenvalue weighted by Gasteiger charge is 2.15. The van der Waals surface area contributed by atoms with Crippen LogP contribution in [-0.2, 0) is 13.5 Å². The lowest BCUT2D eigenvalue weighted by Crippen LogP contribution is -1.98. The van der Waals surface area contributed by atoms with E-state index in [0.29, 0.717) is 12.1 Å². The number of hydrogen-bond acceptors (Lipinski definition) is 1. The Hall–Kier alpha value is -0.930. The highest BCUT2D eigenvalue weighted by Crippen LogP contribution is 2.21. The summed E-state index contributed by atoms with van der Waals surface area (Å²) in [7, 11) is 1.64. The third kappa shape index (κ3) is 1.39. The van der Waals surface area contributed by atoms with Gasteiger partial charge in [0.1, 0.15) is 6.20 Å². The first-order valence-electron chi connectivity index (χ1n) is 3.38. The summed E-state index contributed by atoms with van der Waals surface area (Å²) in [5, 5.41) is 3.62. The number of aromatic nitrogens is 2. The summed E-state index contributed by atoms with van der Waals surface area (Å²) in [5.41, 5.74) is 0.481. The van der Waals surface area contributed by atoms with Gasteiger partial charge in [0, 0.05) is 12.7 Å². The average Bonchev–Trinajstić information content (AvgIpc) is 2.30. The second-order valence-corrected chi connectivity index (χ2v) is 2.25. The summed E-state index contributed by atoms with van der Waals surface area (Å²) in [4.78, 5) is 0. The van der Waals surface area contributed by atoms with Crippen LogP contribution in [0.2, 0.25) is 0 Å². The summed E-state index contributed by atoms with van der Waals surface area (Å²) >= 11 is 0. The zero-order chi connectivity index (χ0) is 8.43. The second kappa shape index (κ2) is 2.98. The van der Waals surface area contributed by atoms with Gasteiger partial charge >= 0.3 is 0 Å². The molecule has 0 N–H and O–H groups in total. The van der Waals surface area contributed by atoms with Crippen molar-refractivity contribution in [3.8, 4) is 0 Å². The molecule has 0 saturated heterocycles. The molecule has 2 nitrogen and oxygen atoms in total. The monoisotopic (exact) mass is 159 g/mol. The molecule has 0 aliphatic carbocycles. The van der Waals surface area contributed by atoms with Gasteiger partial charge in [0.2, 0.25) is 0 Å². The van der Waals surface area contributed by atoms with Crippen LogP contribution in [0.1, 0.15) is 24.6 Å². The normalized spacial score (nSPS) is 11.0. The number of nitrogens with zero attached hydrogens (tertiary/aromatic N) is 2. The minimum absolute atomic E-state index is 0.0741. The number of alkyl halides is 2. The van der Waals surface area contributed by atoms with E-state index in [9.17, 15) is 8.78 Å². The van der Waals surface area contributed by atoms with E-state index >= 15 is 0 Å². The molecule has 4 heteroatoms. The molecule has 1 radical (unpaired) electrons. The van der Waals surface area contributed by atoms with Gasteiger partial charge in [-0.2, -0.15) is 5.10 Å². The fourth-order valence-electron chi connectivity index (χ4n) is 1.02. The maximum Gasteiger partial charge on any atom is 0.267 e. The Balaban J connectivity index is 3.05. The first-order chi connectivity index (χ1) is 5.16. The first kappa shape index (κ1) is 8.17. The van der Waals surface area contributed by atoms with Gasteiger partial charge in [0.25, 0.3) is 6.43 Å². The minimum Gasteiger partial charge on any atom is -0.271 e. The lowest BCUT2D eigenvalue weighted by molar-refractivity contribution is 0.150. The topological polar surface area (TPSA) is 17.8 Å². The molecule has 0 aliphatic heterocycles. The lowest BCUT2D eigenvalue weighted by Gasteiger charge is -2.00. The van der Waals surface area contributed by atoms with E-state index in [4.69, 9.17) is 0 Å². The van der Waals surface area contributed by atoms with Crippen LogP contribution >= 0.6 is 0 Å². The summed E-state index contributed by atoms with van der Waals surface area (Å²) in [5.74, 6) is 0. The van der Waals surface area contributed by atoms with Gasteiger partial charge in [0.05, 0.1) is 5.56 Å². The molecule has 0 saturated carbocycles. The van der Waals surface area contributed by atoms with Crippen molar-refractivity contribution in [2.75, 3.05) is 0 Å². The number of aryl methyl sites for hydroxylation is 1. The summed E-state index contributed by atoms with van der Waals surface area (Å²) in [6.07, 6.45) is 0.390. The van der Waals surface area contributed by atoms with E-state index in [0.717, 1.165) is 0 Å². The van der Waals surface area contributed by atoms with E-state index in [-0.39, 0.29) is 5.56 Å². The molecule has 0 aliphatic rings. The number of rotatable bonds is 2. The standard InChI is InChI=1S/C7H9F2N2/c1-3-6-5(7(8)9)4-10-11(6)2/h7H,3H2,1-2H3. The van der Waals surface area contributed by atoms with Crippen LogP contribution < -0.4 is 0 Å². The number of hydrogen-bond donors (Lipinski definition) is 0. The van der Waals surface area contributed by atoms with Crippen LogP contribution in [0, 0.1) is 6.20 Å². The Morgan fingerprint density at radius 1 is 1.64 bits per heavy atom. The predicted octanol–water partition coefficient (Wildman–Crippen LogP) is 1.72. The number of halogens is 2. The van der Waals surface area contributed by atoms with Crippen molar-refractivity contribution in [3.05, 3.63) is 17.5 Å². The van der Waals surface area contributed by atoms with Gasteiger partial charge in [-0.05, 0) is 6.42 Å². The van der Waals surface area contributed by atoms with Crippen LogP contribution in [0.25, 0.3) is 0 Å². The molecule has 0 spiro atoms. The van der Waals surface area contributed by atoms with Crippen molar-refractivity contribution >= 4 is 0 Å². The molecule has 1 heterocycles. The fraction of sp³-hybridized carbons (Fsp3) is 0.571. The van der Waals surface area contributed by atoms with Crippen LogP contribution in [0.4, 0.5) is 8.78 Å². The molecule has 1 aromatic rings. The third-order valence-electron chi connectivity index (χ3n) is 1.58. The SMILES string of the molecule is CCc1c(C(F)F)[c]nn1C. The maximum absolute atomic E-state index is 12.1. The molecule has 0 aromatic carbocycles. The minimum atomic E-state index is -2.46. The van der Waals surface area contributed by atoms with E-state index in [1.165, 1.54) is 4.68 Å². The van der Waals surface area contributed by atoms with Gasteiger partial charge in [0.15, 0.2) is 0 Å². The summed E-state index contributed by atoms with van der Waals surface area (Å²) < 4.78 is 25.7. The Morgan fingerprint density at radius 2 is 2.27 bits per heavy atom. The quantitative estimate of drug-likeness (QED) is 0.642. The van der Waals surface area contributed by atoms with Gasteiger partial charge in [-0.15, -0.1) is 0 Å². The largest absolute Gasteiger partial charge is 0.271 e. The molecule has 1 aromatic heterocycles. The Labute approximate surface area is 63.8 Å². The van der Waals surface area contributed by atoms with Crippen molar-refractivity contribution in [1.82, 2.24) is 9.78 Å². The maximum atomic E-state index is 12.1. The zero-order valence-corrected chi connectivity index (χ0v) is 6.43. The van der Waals surface area contributed by atoms with Gasteiger partial charge in [-0.1, -0.05) is 6.92 Å². The lowest BCUT2D eigenvalue weighted by atomic mass is 10.2. The molecule has 1 rings (SSSR count). The molecule has 0 amide bonds. The van der Waals surface area contributed by atoms with Crippen molar-refractivity contribution in [2.45, 2.75) is 19.8 Å². The van der Waals surface area contributed by atoms with Crippen molar-refractivity contribution in [3.63, 3.8) is 0 Å². The van der Waals surface area contributed by atoms with E-state index in [1.54, 1.807) is 7.05 Å². The molecule has 0 fully saturated rings. The van der Waals surface area contributed by atoms with Gasteiger partial charge < -0.3 is 0 Å². The molecular weight excluding hydrogens is 150 g/mol. The van der Waals surface area contributed by atoms with Gasteiger partial charge in [-0.25, -0.2) is 8.78 Å². The highest BCUT2D eigenvalue weighted by atomic mass is 19.3. The Morgan fingerprint density at radius 3 is 2.64 bits per heavy atom. The van der Waals surface area contributed by atoms with Crippen LogP contribution in [0.5, 0.6) is 0 Å². The smallest absolute Gasteiger partial charge is 0.267 e. The fourth-order valence-corrected chi connectivity index (χ4v) is 1.02. The Bertz CT molecular complexity index is 243.